The lowest BCUT2D eigenvalue weighted by molar-refractivity contribution is 0.0487. The molecule has 0 atom stereocenters. The van der Waals surface area contributed by atoms with Crippen LogP contribution in [0, 0.1) is 0 Å². The Bertz CT molecular complexity index is 842. The lowest BCUT2D eigenvalue weighted by atomic mass is 9.74. The average molecular weight is 457 g/mol. The van der Waals surface area contributed by atoms with Crippen LogP contribution in [0.2, 0.25) is 0 Å². The average Bonchev–Trinajstić information content (AvgIpc) is 3.26. The van der Waals surface area contributed by atoms with Crippen LogP contribution in [0.1, 0.15) is 47.2 Å². The van der Waals surface area contributed by atoms with E-state index in [0.717, 1.165) is 55.7 Å². The van der Waals surface area contributed by atoms with Gasteiger partial charge in [0, 0.05) is 41.8 Å². The van der Waals surface area contributed by atoms with Gasteiger partial charge in [0.1, 0.15) is 0 Å². The van der Waals surface area contributed by atoms with Gasteiger partial charge in [-0.1, -0.05) is 40.2 Å². The van der Waals surface area contributed by atoms with E-state index in [0.29, 0.717) is 6.54 Å². The second-order valence-electron chi connectivity index (χ2n) is 8.27. The number of hydrogen-bond donors (Lipinski definition) is 1. The molecule has 2 saturated heterocycles. The van der Waals surface area contributed by atoms with Crippen LogP contribution in [0.15, 0.2) is 53.0 Å². The molecule has 1 amide bonds. The van der Waals surface area contributed by atoms with Crippen molar-refractivity contribution in [2.75, 3.05) is 32.8 Å². The smallest absolute Gasteiger partial charge is 0.251 e. The van der Waals surface area contributed by atoms with Gasteiger partial charge >= 0.3 is 0 Å². The van der Waals surface area contributed by atoms with Crippen LogP contribution in [0.3, 0.4) is 0 Å². The molecule has 0 aromatic heterocycles. The Hall–Kier alpha value is -1.69. The second-order valence-corrected chi connectivity index (χ2v) is 9.19. The van der Waals surface area contributed by atoms with Crippen LogP contribution >= 0.6 is 15.9 Å². The maximum absolute atomic E-state index is 13.0. The van der Waals surface area contributed by atoms with Gasteiger partial charge in [-0.25, -0.2) is 0 Å². The Morgan fingerprint density at radius 2 is 1.83 bits per heavy atom. The number of nitrogens with zero attached hydrogens (tertiary/aromatic N) is 1. The highest BCUT2D eigenvalue weighted by Gasteiger charge is 2.35. The number of amides is 1. The van der Waals surface area contributed by atoms with E-state index in [1.807, 2.05) is 24.3 Å². The van der Waals surface area contributed by atoms with E-state index in [2.05, 4.69) is 50.4 Å². The molecule has 4 nitrogen and oxygen atoms in total. The minimum absolute atomic E-state index is 0.00846. The molecule has 0 radical (unpaired) electrons. The minimum atomic E-state index is -0.0785. The zero-order chi connectivity index (χ0) is 20.1. The maximum Gasteiger partial charge on any atom is 0.251 e. The third-order valence-electron chi connectivity index (χ3n) is 6.27. The summed E-state index contributed by atoms with van der Waals surface area (Å²) < 4.78 is 6.69. The fourth-order valence-electron chi connectivity index (χ4n) is 4.51. The maximum atomic E-state index is 13.0. The Kier molecular flexibility index (Phi) is 6.68. The van der Waals surface area contributed by atoms with E-state index in [4.69, 9.17) is 4.74 Å². The molecule has 4 rings (SSSR count). The number of benzene rings is 2. The van der Waals surface area contributed by atoms with Crippen LogP contribution in [-0.4, -0.2) is 43.7 Å². The molecule has 2 fully saturated rings. The van der Waals surface area contributed by atoms with Crippen LogP contribution in [0.25, 0.3) is 0 Å². The number of hydrogen-bond acceptors (Lipinski definition) is 3. The highest BCUT2D eigenvalue weighted by atomic mass is 79.9. The third kappa shape index (κ3) is 5.08. The third-order valence-corrected chi connectivity index (χ3v) is 6.76. The molecular formula is C24H29BrN2O2. The highest BCUT2D eigenvalue weighted by molar-refractivity contribution is 9.10. The number of rotatable bonds is 6. The summed E-state index contributed by atoms with van der Waals surface area (Å²) in [6, 6.07) is 16.5. The lowest BCUT2D eigenvalue weighted by Crippen LogP contribution is -2.44. The van der Waals surface area contributed by atoms with Crippen LogP contribution in [0.4, 0.5) is 0 Å². The van der Waals surface area contributed by atoms with Gasteiger partial charge in [-0.15, -0.1) is 0 Å². The molecule has 0 saturated carbocycles. The SMILES string of the molecule is O=C(NCC1(c2cccc(Br)c2)CCOCC1)c1cccc(CN2CCCC2)c1. The predicted octanol–water partition coefficient (Wildman–Crippen LogP) is 4.52. The molecule has 5 heteroatoms. The number of likely N-dealkylation sites (tertiary alicyclic amines) is 1. The number of halogens is 1. The van der Waals surface area contributed by atoms with Gasteiger partial charge < -0.3 is 10.1 Å². The molecule has 0 unspecified atom stereocenters. The first kappa shape index (κ1) is 20.6. The predicted molar refractivity (Wildman–Crippen MR) is 119 cm³/mol. The van der Waals surface area contributed by atoms with Gasteiger partial charge in [-0.3, -0.25) is 9.69 Å². The van der Waals surface area contributed by atoms with Gasteiger partial charge in [0.05, 0.1) is 0 Å². The quantitative estimate of drug-likeness (QED) is 0.694. The fraction of sp³-hybridized carbons (Fsp3) is 0.458. The lowest BCUT2D eigenvalue weighted by Gasteiger charge is -2.38. The Morgan fingerprint density at radius 1 is 1.07 bits per heavy atom. The molecule has 1 N–H and O–H groups in total. The molecule has 2 aromatic rings. The summed E-state index contributed by atoms with van der Waals surface area (Å²) in [5.41, 5.74) is 3.15. The molecule has 2 aromatic carbocycles. The largest absolute Gasteiger partial charge is 0.381 e. The van der Waals surface area contributed by atoms with E-state index in [1.54, 1.807) is 0 Å². The molecule has 0 aliphatic carbocycles. The first-order valence-electron chi connectivity index (χ1n) is 10.6. The van der Waals surface area contributed by atoms with Crippen molar-refractivity contribution < 1.29 is 9.53 Å². The fourth-order valence-corrected chi connectivity index (χ4v) is 4.91. The van der Waals surface area contributed by atoms with E-state index in [9.17, 15) is 4.79 Å². The van der Waals surface area contributed by atoms with Crippen LogP contribution < -0.4 is 5.32 Å². The standard InChI is InChI=1S/C24H29BrN2O2/c25-22-8-4-7-21(16-22)24(9-13-29-14-10-24)18-26-23(28)20-6-3-5-19(15-20)17-27-11-1-2-12-27/h3-8,15-16H,1-2,9-14,17-18H2,(H,26,28). The van der Waals surface area contributed by atoms with Crippen LogP contribution in [0.5, 0.6) is 0 Å². The highest BCUT2D eigenvalue weighted by Crippen LogP contribution is 2.35. The Labute approximate surface area is 181 Å². The molecular weight excluding hydrogens is 428 g/mol. The summed E-state index contributed by atoms with van der Waals surface area (Å²) in [6.07, 6.45) is 4.39. The van der Waals surface area contributed by atoms with E-state index >= 15 is 0 Å². The minimum Gasteiger partial charge on any atom is -0.381 e. The Morgan fingerprint density at radius 3 is 2.59 bits per heavy atom. The second kappa shape index (κ2) is 9.41. The molecule has 0 bridgehead atoms. The van der Waals surface area contributed by atoms with Gasteiger partial charge in [-0.2, -0.15) is 0 Å². The van der Waals surface area contributed by atoms with Crippen molar-refractivity contribution in [1.82, 2.24) is 10.2 Å². The van der Waals surface area contributed by atoms with Crippen LogP contribution in [-0.2, 0) is 16.7 Å². The summed E-state index contributed by atoms with van der Waals surface area (Å²) in [4.78, 5) is 15.4. The van der Waals surface area contributed by atoms with Crippen molar-refractivity contribution in [3.63, 3.8) is 0 Å². The van der Waals surface area contributed by atoms with Crippen molar-refractivity contribution in [2.24, 2.45) is 0 Å². The molecule has 2 aliphatic rings. The summed E-state index contributed by atoms with van der Waals surface area (Å²) in [6.45, 7) is 5.34. The first-order valence-corrected chi connectivity index (χ1v) is 11.4. The van der Waals surface area contributed by atoms with Gasteiger partial charge in [0.15, 0.2) is 0 Å². The normalized spacial score (nSPS) is 19.2. The summed E-state index contributed by atoms with van der Waals surface area (Å²) in [5.74, 6) is 0.00846. The monoisotopic (exact) mass is 456 g/mol. The summed E-state index contributed by atoms with van der Waals surface area (Å²) >= 11 is 3.59. The summed E-state index contributed by atoms with van der Waals surface area (Å²) in [5, 5.41) is 3.22. The van der Waals surface area contributed by atoms with Gasteiger partial charge in [0.2, 0.25) is 0 Å². The molecule has 0 spiro atoms. The van der Waals surface area contributed by atoms with Gasteiger partial charge in [0.25, 0.3) is 5.91 Å². The van der Waals surface area contributed by atoms with E-state index in [-0.39, 0.29) is 11.3 Å². The van der Waals surface area contributed by atoms with Crippen molar-refractivity contribution in [2.45, 2.75) is 37.6 Å². The zero-order valence-corrected chi connectivity index (χ0v) is 18.4. The molecule has 154 valence electrons. The number of ether oxygens (including phenoxy) is 1. The first-order chi connectivity index (χ1) is 14.1. The van der Waals surface area contributed by atoms with Crippen molar-refractivity contribution in [1.29, 1.82) is 0 Å². The zero-order valence-electron chi connectivity index (χ0n) is 16.8. The Balaban J connectivity index is 1.45. The molecule has 2 heterocycles. The summed E-state index contributed by atoms with van der Waals surface area (Å²) in [7, 11) is 0. The molecule has 29 heavy (non-hydrogen) atoms. The van der Waals surface area contributed by atoms with E-state index < -0.39 is 0 Å². The number of carbonyl (C=O) groups is 1. The number of carbonyl (C=O) groups excluding carboxylic acids is 1. The number of nitrogens with one attached hydrogen (secondary N) is 1. The van der Waals surface area contributed by atoms with E-state index in [1.165, 1.54) is 24.0 Å². The topological polar surface area (TPSA) is 41.6 Å². The molecule has 2 aliphatic heterocycles. The van der Waals surface area contributed by atoms with Gasteiger partial charge in [-0.05, 0) is 74.2 Å². The van der Waals surface area contributed by atoms with Crippen molar-refractivity contribution in [3.8, 4) is 0 Å². The van der Waals surface area contributed by atoms with Crippen molar-refractivity contribution >= 4 is 21.8 Å². The van der Waals surface area contributed by atoms with Crippen molar-refractivity contribution in [3.05, 3.63) is 69.7 Å².